The van der Waals surface area contributed by atoms with Crippen molar-refractivity contribution in [1.82, 2.24) is 0 Å². The van der Waals surface area contributed by atoms with Crippen molar-refractivity contribution < 1.29 is 39.4 Å². The second-order valence-electron chi connectivity index (χ2n) is 0.235. The van der Waals surface area contributed by atoms with E-state index in [-0.39, 0.29) is 31.0 Å². The Morgan fingerprint density at radius 3 is 1.60 bits per heavy atom. The fraction of sp³-hybridized carbons (Fsp3) is 0. The standard InChI is InChI=1S/HNO2S.Na.H/c1-4(2)3;;/h1H;;/q;+1;-1. The SMILES string of the molecule is N=S(=O)=O.[H-].[Na+]. The summed E-state index contributed by atoms with van der Waals surface area (Å²) in [6.07, 6.45) is 0. The molecular weight excluding hydrogens is 101 g/mol. The minimum absolute atomic E-state index is 0. The molecule has 0 spiro atoms. The zero-order valence-electron chi connectivity index (χ0n) is 3.72. The maximum Gasteiger partial charge on any atom is 1.00 e. The van der Waals surface area contributed by atoms with Crippen molar-refractivity contribution >= 4 is 10.5 Å². The van der Waals surface area contributed by atoms with Crippen LogP contribution in [0.15, 0.2) is 0 Å². The van der Waals surface area contributed by atoms with Gasteiger partial charge in [-0.25, -0.2) is 0 Å². The monoisotopic (exact) mass is 103 g/mol. The summed E-state index contributed by atoms with van der Waals surface area (Å²) in [6, 6.07) is 0. The van der Waals surface area contributed by atoms with Crippen LogP contribution in [0.5, 0.6) is 0 Å². The normalized spacial score (nSPS) is 4.80. The predicted octanol–water partition coefficient (Wildman–Crippen LogP) is -3.26. The summed E-state index contributed by atoms with van der Waals surface area (Å²) in [7, 11) is -2.61. The number of hydrogen-bond donors (Lipinski definition) is 1. The van der Waals surface area contributed by atoms with Gasteiger partial charge in [0, 0.05) is 0 Å². The quantitative estimate of drug-likeness (QED) is 0.327. The molecule has 0 unspecified atom stereocenters. The topological polar surface area (TPSA) is 58.0 Å². The molecule has 26 valence electrons. The Kier molecular flexibility index (Phi) is 8.46. The van der Waals surface area contributed by atoms with Gasteiger partial charge in [-0.15, -0.1) is 0 Å². The molecule has 0 aromatic rings. The molecule has 0 aliphatic carbocycles. The Morgan fingerprint density at radius 2 is 1.60 bits per heavy atom. The summed E-state index contributed by atoms with van der Waals surface area (Å²) in [5, 5.41) is 0. The van der Waals surface area contributed by atoms with Crippen molar-refractivity contribution in [3.63, 3.8) is 0 Å². The molecular formula is H2NNaO2S. The summed E-state index contributed by atoms with van der Waals surface area (Å²) in [4.78, 5) is 0. The number of nitrogens with one attached hydrogen (secondary N) is 1. The van der Waals surface area contributed by atoms with E-state index in [2.05, 4.69) is 0 Å². The third-order valence-corrected chi connectivity index (χ3v) is 0. The third kappa shape index (κ3) is 82.5. The zero-order chi connectivity index (χ0) is 3.58. The second-order valence-corrected chi connectivity index (χ2v) is 0.704. The van der Waals surface area contributed by atoms with Crippen LogP contribution in [0, 0.1) is 4.78 Å². The minimum Gasteiger partial charge on any atom is -1.00 e. The van der Waals surface area contributed by atoms with Gasteiger partial charge in [-0.2, -0.15) is 13.2 Å². The Bertz CT molecular complexity index is 82.9. The van der Waals surface area contributed by atoms with E-state index in [1.807, 2.05) is 0 Å². The van der Waals surface area contributed by atoms with Crippen LogP contribution in [0.3, 0.4) is 0 Å². The average molecular weight is 103 g/mol. The first-order valence-electron chi connectivity index (χ1n) is 0.537. The summed E-state index contributed by atoms with van der Waals surface area (Å²) in [6.45, 7) is 0. The molecule has 0 fully saturated rings. The number of hydrogen-bond acceptors (Lipinski definition) is 3. The largest absolute Gasteiger partial charge is 1.00 e. The van der Waals surface area contributed by atoms with Gasteiger partial charge in [-0.3, -0.25) is 0 Å². The maximum atomic E-state index is 8.67. The zero-order valence-corrected chi connectivity index (χ0v) is 5.54. The molecule has 5 heteroatoms. The summed E-state index contributed by atoms with van der Waals surface area (Å²) in [5.41, 5.74) is 0. The molecule has 0 bridgehead atoms. The minimum atomic E-state index is -2.61. The first-order valence-corrected chi connectivity index (χ1v) is 1.61. The fourth-order valence-corrected chi connectivity index (χ4v) is 0. The molecule has 0 aromatic heterocycles. The molecule has 0 rings (SSSR count). The van der Waals surface area contributed by atoms with Gasteiger partial charge in [0.15, 0.2) is 0 Å². The van der Waals surface area contributed by atoms with Gasteiger partial charge < -0.3 is 1.43 Å². The van der Waals surface area contributed by atoms with E-state index in [1.165, 1.54) is 0 Å². The Labute approximate surface area is 54.7 Å². The molecule has 0 saturated heterocycles. The summed E-state index contributed by atoms with van der Waals surface area (Å²) in [5.74, 6) is 0. The maximum absolute atomic E-state index is 8.67. The van der Waals surface area contributed by atoms with E-state index in [0.29, 0.717) is 0 Å². The molecule has 0 aliphatic rings. The molecule has 0 radical (unpaired) electrons. The third-order valence-electron chi connectivity index (χ3n) is 0. The van der Waals surface area contributed by atoms with Crippen LogP contribution in [0.1, 0.15) is 1.43 Å². The molecule has 0 atom stereocenters. The van der Waals surface area contributed by atoms with Crippen LogP contribution in [-0.4, -0.2) is 8.42 Å². The molecule has 0 aromatic carbocycles. The van der Waals surface area contributed by atoms with E-state index in [0.717, 1.165) is 0 Å². The first kappa shape index (κ1) is 9.15. The Hall–Kier alpha value is 0.620. The molecule has 0 aliphatic heterocycles. The van der Waals surface area contributed by atoms with Gasteiger partial charge in [0.25, 0.3) is 0 Å². The predicted molar refractivity (Wildman–Crippen MR) is 12.8 cm³/mol. The average Bonchev–Trinajstić information content (AvgIpc) is 0.811. The van der Waals surface area contributed by atoms with Gasteiger partial charge in [0.05, 0.1) is 0 Å². The summed E-state index contributed by atoms with van der Waals surface area (Å²) < 4.78 is 22.8. The van der Waals surface area contributed by atoms with Crippen LogP contribution in [0.4, 0.5) is 0 Å². The molecule has 5 heavy (non-hydrogen) atoms. The van der Waals surface area contributed by atoms with E-state index in [1.54, 1.807) is 0 Å². The number of rotatable bonds is 0. The molecule has 0 amide bonds. The van der Waals surface area contributed by atoms with Gasteiger partial charge in [0.1, 0.15) is 0 Å². The van der Waals surface area contributed by atoms with Crippen LogP contribution in [0.25, 0.3) is 0 Å². The van der Waals surface area contributed by atoms with Crippen LogP contribution in [0.2, 0.25) is 0 Å². The van der Waals surface area contributed by atoms with E-state index in [9.17, 15) is 0 Å². The van der Waals surface area contributed by atoms with Gasteiger partial charge in [-0.05, 0) is 0 Å². The van der Waals surface area contributed by atoms with Crippen molar-refractivity contribution in [3.8, 4) is 0 Å². The van der Waals surface area contributed by atoms with E-state index < -0.39 is 10.5 Å². The fourth-order valence-electron chi connectivity index (χ4n) is 0. The molecule has 1 N–H and O–H groups in total. The van der Waals surface area contributed by atoms with Crippen molar-refractivity contribution in [2.45, 2.75) is 0 Å². The Balaban J connectivity index is -0.0000000450. The van der Waals surface area contributed by atoms with Gasteiger partial charge in [0.2, 0.25) is 0 Å². The first-order chi connectivity index (χ1) is 1.73. The van der Waals surface area contributed by atoms with Crippen molar-refractivity contribution in [2.75, 3.05) is 0 Å². The van der Waals surface area contributed by atoms with Crippen molar-refractivity contribution in [2.24, 2.45) is 0 Å². The van der Waals surface area contributed by atoms with Gasteiger partial charge in [-0.1, -0.05) is 0 Å². The second kappa shape index (κ2) is 4.62. The van der Waals surface area contributed by atoms with Crippen LogP contribution >= 0.6 is 0 Å². The van der Waals surface area contributed by atoms with Crippen LogP contribution in [-0.2, 0) is 10.5 Å². The van der Waals surface area contributed by atoms with E-state index >= 15 is 0 Å². The summed E-state index contributed by atoms with van der Waals surface area (Å²) >= 11 is 0. The smallest absolute Gasteiger partial charge is 1.00 e. The van der Waals surface area contributed by atoms with Crippen molar-refractivity contribution in [1.29, 1.82) is 4.78 Å². The molecule has 0 saturated carbocycles. The molecule has 3 nitrogen and oxygen atoms in total. The Morgan fingerprint density at radius 1 is 1.60 bits per heavy atom. The van der Waals surface area contributed by atoms with Crippen LogP contribution < -0.4 is 29.6 Å². The van der Waals surface area contributed by atoms with E-state index in [4.69, 9.17) is 13.2 Å². The van der Waals surface area contributed by atoms with Gasteiger partial charge >= 0.3 is 40.1 Å². The van der Waals surface area contributed by atoms with Crippen molar-refractivity contribution in [3.05, 3.63) is 0 Å². The molecule has 0 heterocycles.